The van der Waals surface area contributed by atoms with Gasteiger partial charge in [-0.2, -0.15) is 0 Å². The summed E-state index contributed by atoms with van der Waals surface area (Å²) in [6, 6.07) is 1.12. The van der Waals surface area contributed by atoms with Crippen LogP contribution in [0.2, 0.25) is 0 Å². The standard InChI is InChI=1S/C15H29N3S/c1-11(12-7-3-2-4-8-12)17-15(19)18-14-10-6-5-9-13(14)16/h11-14H,2-10,16H2,1H3,(H2,17,18,19)/t11-,13-,14-/m0/s1. The minimum atomic E-state index is 0.262. The molecule has 3 nitrogen and oxygen atoms in total. The van der Waals surface area contributed by atoms with Crippen molar-refractivity contribution in [3.63, 3.8) is 0 Å². The molecule has 110 valence electrons. The first-order valence-electron chi connectivity index (χ1n) is 7.99. The van der Waals surface area contributed by atoms with E-state index < -0.39 is 0 Å². The molecular weight excluding hydrogens is 254 g/mol. The zero-order chi connectivity index (χ0) is 13.7. The Kier molecular flexibility index (Phi) is 5.89. The highest BCUT2D eigenvalue weighted by Crippen LogP contribution is 2.26. The predicted octanol–water partition coefficient (Wildman–Crippen LogP) is 2.69. The molecule has 0 saturated heterocycles. The van der Waals surface area contributed by atoms with Crippen molar-refractivity contribution in [1.82, 2.24) is 10.6 Å². The van der Waals surface area contributed by atoms with Crippen LogP contribution in [-0.2, 0) is 0 Å². The Labute approximate surface area is 123 Å². The summed E-state index contributed by atoms with van der Waals surface area (Å²) in [6.07, 6.45) is 11.7. The SMILES string of the molecule is C[C@H](NC(=S)N[C@H]1CCCC[C@@H]1N)C1CCCCC1. The molecule has 0 amide bonds. The summed E-state index contributed by atoms with van der Waals surface area (Å²) in [7, 11) is 0. The predicted molar refractivity (Wildman–Crippen MR) is 85.1 cm³/mol. The smallest absolute Gasteiger partial charge is 0.166 e. The van der Waals surface area contributed by atoms with Gasteiger partial charge in [-0.25, -0.2) is 0 Å². The van der Waals surface area contributed by atoms with Gasteiger partial charge in [0.2, 0.25) is 0 Å². The second kappa shape index (κ2) is 7.44. The Morgan fingerprint density at radius 3 is 2.37 bits per heavy atom. The van der Waals surface area contributed by atoms with Crippen LogP contribution in [0.1, 0.15) is 64.7 Å². The fraction of sp³-hybridized carbons (Fsp3) is 0.933. The summed E-state index contributed by atoms with van der Waals surface area (Å²) in [5.41, 5.74) is 6.15. The Morgan fingerprint density at radius 2 is 1.68 bits per heavy atom. The number of rotatable bonds is 3. The molecule has 2 saturated carbocycles. The summed E-state index contributed by atoms with van der Waals surface area (Å²) in [5, 5.41) is 7.72. The molecule has 0 aliphatic heterocycles. The van der Waals surface area contributed by atoms with Crippen LogP contribution >= 0.6 is 12.2 Å². The molecule has 2 rings (SSSR count). The zero-order valence-corrected chi connectivity index (χ0v) is 13.0. The second-order valence-corrected chi connectivity index (χ2v) is 6.77. The van der Waals surface area contributed by atoms with Crippen LogP contribution in [-0.4, -0.2) is 23.2 Å². The molecular formula is C15H29N3S. The van der Waals surface area contributed by atoms with Crippen molar-refractivity contribution in [3.8, 4) is 0 Å². The zero-order valence-electron chi connectivity index (χ0n) is 12.2. The van der Waals surface area contributed by atoms with Gasteiger partial charge in [0.1, 0.15) is 0 Å². The maximum Gasteiger partial charge on any atom is 0.166 e. The van der Waals surface area contributed by atoms with E-state index in [0.717, 1.165) is 23.9 Å². The van der Waals surface area contributed by atoms with E-state index in [0.29, 0.717) is 12.1 Å². The second-order valence-electron chi connectivity index (χ2n) is 6.36. The first-order valence-corrected chi connectivity index (χ1v) is 8.40. The first kappa shape index (κ1) is 15.0. The maximum absolute atomic E-state index is 6.15. The molecule has 0 bridgehead atoms. The van der Waals surface area contributed by atoms with E-state index in [-0.39, 0.29) is 6.04 Å². The molecule has 2 fully saturated rings. The molecule has 2 aliphatic carbocycles. The van der Waals surface area contributed by atoms with E-state index in [1.807, 2.05) is 0 Å². The topological polar surface area (TPSA) is 50.1 Å². The van der Waals surface area contributed by atoms with Crippen LogP contribution in [0, 0.1) is 5.92 Å². The summed E-state index contributed by atoms with van der Waals surface area (Å²) in [5.74, 6) is 0.786. The minimum Gasteiger partial charge on any atom is -0.360 e. The number of hydrogen-bond donors (Lipinski definition) is 3. The van der Waals surface area contributed by atoms with E-state index in [1.165, 1.54) is 44.9 Å². The average Bonchev–Trinajstić information content (AvgIpc) is 2.42. The molecule has 2 aliphatic rings. The third-order valence-electron chi connectivity index (χ3n) is 4.85. The van der Waals surface area contributed by atoms with Crippen molar-refractivity contribution in [2.45, 2.75) is 82.8 Å². The molecule has 19 heavy (non-hydrogen) atoms. The highest BCUT2D eigenvalue weighted by molar-refractivity contribution is 7.80. The van der Waals surface area contributed by atoms with Gasteiger partial charge >= 0.3 is 0 Å². The van der Waals surface area contributed by atoms with Crippen LogP contribution < -0.4 is 16.4 Å². The van der Waals surface area contributed by atoms with E-state index in [1.54, 1.807) is 0 Å². The largest absolute Gasteiger partial charge is 0.360 e. The summed E-state index contributed by atoms with van der Waals surface area (Å²) < 4.78 is 0. The van der Waals surface area contributed by atoms with Gasteiger partial charge in [0.05, 0.1) is 0 Å². The van der Waals surface area contributed by atoms with E-state index >= 15 is 0 Å². The van der Waals surface area contributed by atoms with Gasteiger partial charge < -0.3 is 16.4 Å². The van der Waals surface area contributed by atoms with Gasteiger partial charge in [-0.05, 0) is 50.7 Å². The highest BCUT2D eigenvalue weighted by atomic mass is 32.1. The van der Waals surface area contributed by atoms with Crippen LogP contribution in [0.25, 0.3) is 0 Å². The molecule has 0 radical (unpaired) electrons. The van der Waals surface area contributed by atoms with Gasteiger partial charge in [-0.1, -0.05) is 32.1 Å². The van der Waals surface area contributed by atoms with Crippen molar-refractivity contribution >= 4 is 17.3 Å². The quantitative estimate of drug-likeness (QED) is 0.697. The lowest BCUT2D eigenvalue weighted by Gasteiger charge is -2.33. The van der Waals surface area contributed by atoms with Crippen LogP contribution in [0.15, 0.2) is 0 Å². The Morgan fingerprint density at radius 1 is 1.05 bits per heavy atom. The van der Waals surface area contributed by atoms with Gasteiger partial charge in [0.15, 0.2) is 5.11 Å². The van der Waals surface area contributed by atoms with Crippen molar-refractivity contribution < 1.29 is 0 Å². The molecule has 4 N–H and O–H groups in total. The third kappa shape index (κ3) is 4.60. The normalized spacial score (nSPS) is 30.6. The highest BCUT2D eigenvalue weighted by Gasteiger charge is 2.24. The van der Waals surface area contributed by atoms with Crippen molar-refractivity contribution in [1.29, 1.82) is 0 Å². The molecule has 0 aromatic rings. The molecule has 0 unspecified atom stereocenters. The van der Waals surface area contributed by atoms with E-state index in [4.69, 9.17) is 18.0 Å². The van der Waals surface area contributed by atoms with Crippen molar-refractivity contribution in [2.75, 3.05) is 0 Å². The Bertz CT molecular complexity index is 289. The lowest BCUT2D eigenvalue weighted by Crippen LogP contribution is -2.54. The van der Waals surface area contributed by atoms with Gasteiger partial charge in [-0.3, -0.25) is 0 Å². The first-order chi connectivity index (χ1) is 9.16. The average molecular weight is 283 g/mol. The van der Waals surface area contributed by atoms with Crippen LogP contribution in [0.3, 0.4) is 0 Å². The van der Waals surface area contributed by atoms with Crippen LogP contribution in [0.4, 0.5) is 0 Å². The number of thiocarbonyl (C=S) groups is 1. The fourth-order valence-electron chi connectivity index (χ4n) is 3.51. The molecule has 0 spiro atoms. The van der Waals surface area contributed by atoms with E-state index in [9.17, 15) is 0 Å². The van der Waals surface area contributed by atoms with Crippen molar-refractivity contribution in [2.24, 2.45) is 11.7 Å². The lowest BCUT2D eigenvalue weighted by molar-refractivity contribution is 0.298. The van der Waals surface area contributed by atoms with Gasteiger partial charge in [0.25, 0.3) is 0 Å². The van der Waals surface area contributed by atoms with E-state index in [2.05, 4.69) is 17.6 Å². The summed E-state index contributed by atoms with van der Waals surface area (Å²) in [6.45, 7) is 2.27. The summed E-state index contributed by atoms with van der Waals surface area (Å²) in [4.78, 5) is 0. The molecule has 3 atom stereocenters. The fourth-order valence-corrected chi connectivity index (χ4v) is 3.84. The molecule has 4 heteroatoms. The maximum atomic E-state index is 6.15. The lowest BCUT2D eigenvalue weighted by atomic mass is 9.84. The van der Waals surface area contributed by atoms with Crippen LogP contribution in [0.5, 0.6) is 0 Å². The van der Waals surface area contributed by atoms with Gasteiger partial charge in [0, 0.05) is 18.1 Å². The molecule has 0 aromatic heterocycles. The monoisotopic (exact) mass is 283 g/mol. The van der Waals surface area contributed by atoms with Crippen molar-refractivity contribution in [3.05, 3.63) is 0 Å². The Balaban J connectivity index is 1.73. The third-order valence-corrected chi connectivity index (χ3v) is 5.09. The number of nitrogens with one attached hydrogen (secondary N) is 2. The Hall–Kier alpha value is -0.350. The number of nitrogens with two attached hydrogens (primary N) is 1. The minimum absolute atomic E-state index is 0.262. The summed E-state index contributed by atoms with van der Waals surface area (Å²) >= 11 is 5.46. The van der Waals surface area contributed by atoms with Gasteiger partial charge in [-0.15, -0.1) is 0 Å². The number of hydrogen-bond acceptors (Lipinski definition) is 2. The molecule has 0 heterocycles. The molecule has 0 aromatic carbocycles.